The molecule has 1 amide bonds. The van der Waals surface area contributed by atoms with Crippen LogP contribution < -0.4 is 10.1 Å². The highest BCUT2D eigenvalue weighted by Gasteiger charge is 2.15. The molecule has 0 saturated heterocycles. The van der Waals surface area contributed by atoms with Crippen molar-refractivity contribution in [3.05, 3.63) is 66.6 Å². The molecule has 0 aliphatic heterocycles. The van der Waals surface area contributed by atoms with E-state index in [1.54, 1.807) is 19.1 Å². The van der Waals surface area contributed by atoms with Crippen LogP contribution in [0.25, 0.3) is 6.08 Å². The number of esters is 1. The average Bonchev–Trinajstić information content (AvgIpc) is 2.71. The van der Waals surface area contributed by atoms with E-state index in [2.05, 4.69) is 37.2 Å². The van der Waals surface area contributed by atoms with E-state index < -0.39 is 16.8 Å². The van der Waals surface area contributed by atoms with Gasteiger partial charge >= 0.3 is 5.97 Å². The number of nitrogens with zero attached hydrogens (tertiary/aromatic N) is 2. The van der Waals surface area contributed by atoms with E-state index in [0.717, 1.165) is 0 Å². The van der Waals surface area contributed by atoms with Crippen LogP contribution in [0.1, 0.15) is 12.5 Å². The summed E-state index contributed by atoms with van der Waals surface area (Å²) >= 11 is 6.66. The first-order valence-corrected chi connectivity index (χ1v) is 10.3. The van der Waals surface area contributed by atoms with Gasteiger partial charge in [-0.2, -0.15) is 5.26 Å². The zero-order chi connectivity index (χ0) is 23.0. The Hall–Kier alpha value is -3.23. The number of hydrogen-bond acceptors (Lipinski definition) is 7. The van der Waals surface area contributed by atoms with Gasteiger partial charge < -0.3 is 14.8 Å². The van der Waals surface area contributed by atoms with E-state index in [4.69, 9.17) is 9.47 Å². The van der Waals surface area contributed by atoms with Crippen LogP contribution in [-0.4, -0.2) is 30.0 Å². The molecule has 0 aliphatic carbocycles. The van der Waals surface area contributed by atoms with Crippen molar-refractivity contribution in [2.75, 3.05) is 18.5 Å². The van der Waals surface area contributed by atoms with Crippen LogP contribution in [0.4, 0.5) is 11.4 Å². The van der Waals surface area contributed by atoms with Gasteiger partial charge in [0.15, 0.2) is 6.61 Å². The first-order valence-electron chi connectivity index (χ1n) is 8.70. The minimum atomic E-state index is -0.724. The van der Waals surface area contributed by atoms with Crippen molar-refractivity contribution in [2.45, 2.75) is 6.92 Å². The summed E-state index contributed by atoms with van der Waals surface area (Å²) in [5.41, 5.74) is 0.274. The molecule has 0 unspecified atom stereocenters. The fourth-order valence-corrected chi connectivity index (χ4v) is 3.80. The van der Waals surface area contributed by atoms with E-state index >= 15 is 0 Å². The molecule has 0 fully saturated rings. The van der Waals surface area contributed by atoms with Gasteiger partial charge in [-0.05, 0) is 68.6 Å². The Bertz CT molecular complexity index is 1070. The van der Waals surface area contributed by atoms with Gasteiger partial charge in [0.25, 0.3) is 11.6 Å². The highest BCUT2D eigenvalue weighted by Crippen LogP contribution is 2.35. The van der Waals surface area contributed by atoms with Crippen molar-refractivity contribution < 1.29 is 24.0 Å². The van der Waals surface area contributed by atoms with Gasteiger partial charge in [-0.15, -0.1) is 0 Å². The molecule has 0 radical (unpaired) electrons. The van der Waals surface area contributed by atoms with Crippen molar-refractivity contribution in [1.82, 2.24) is 0 Å². The Balaban J connectivity index is 2.21. The number of halogens is 2. The molecule has 2 aromatic carbocycles. The lowest BCUT2D eigenvalue weighted by molar-refractivity contribution is -0.384. The van der Waals surface area contributed by atoms with Crippen molar-refractivity contribution in [3.63, 3.8) is 0 Å². The lowest BCUT2D eigenvalue weighted by Crippen LogP contribution is -2.15. The third-order valence-corrected chi connectivity index (χ3v) is 4.83. The number of carbonyl (C=O) groups excluding carboxylic acids is 2. The number of anilines is 1. The predicted octanol–water partition coefficient (Wildman–Crippen LogP) is 4.61. The summed E-state index contributed by atoms with van der Waals surface area (Å²) in [7, 11) is 0. The number of nitro groups is 1. The van der Waals surface area contributed by atoms with Gasteiger partial charge in [-0.25, -0.2) is 4.79 Å². The van der Waals surface area contributed by atoms with Crippen LogP contribution in [0.15, 0.2) is 50.9 Å². The van der Waals surface area contributed by atoms with Gasteiger partial charge in [0.05, 0.1) is 20.5 Å². The number of ether oxygens (including phenoxy) is 2. The van der Waals surface area contributed by atoms with Crippen LogP contribution >= 0.6 is 31.9 Å². The maximum absolute atomic E-state index is 12.4. The molecule has 0 saturated carbocycles. The summed E-state index contributed by atoms with van der Waals surface area (Å²) in [6, 6.07) is 10.4. The SMILES string of the molecule is CCOC(=O)COc1c(Br)cc(/C=C(\C#N)C(=O)Nc2cccc([N+](=O)[O-])c2)cc1Br. The summed E-state index contributed by atoms with van der Waals surface area (Å²) in [4.78, 5) is 34.2. The van der Waals surface area contributed by atoms with Crippen LogP contribution in [0.5, 0.6) is 5.75 Å². The number of amides is 1. The molecule has 9 nitrogen and oxygen atoms in total. The van der Waals surface area contributed by atoms with Gasteiger partial charge in [0.2, 0.25) is 0 Å². The van der Waals surface area contributed by atoms with E-state index in [-0.39, 0.29) is 30.2 Å². The van der Waals surface area contributed by atoms with Crippen LogP contribution in [0.2, 0.25) is 0 Å². The largest absolute Gasteiger partial charge is 0.480 e. The van der Waals surface area contributed by atoms with Crippen LogP contribution in [0, 0.1) is 21.4 Å². The zero-order valence-corrected chi connectivity index (χ0v) is 19.2. The van der Waals surface area contributed by atoms with Crippen molar-refractivity contribution in [2.24, 2.45) is 0 Å². The Morgan fingerprint density at radius 2 is 1.94 bits per heavy atom. The van der Waals surface area contributed by atoms with E-state index in [1.165, 1.54) is 30.3 Å². The molecule has 0 aliphatic rings. The Kier molecular flexibility index (Phi) is 8.72. The molecular weight excluding hydrogens is 538 g/mol. The molecule has 0 spiro atoms. The lowest BCUT2D eigenvalue weighted by Gasteiger charge is -2.11. The Morgan fingerprint density at radius 3 is 2.52 bits per heavy atom. The minimum Gasteiger partial charge on any atom is -0.480 e. The Labute approximate surface area is 194 Å². The monoisotopic (exact) mass is 551 g/mol. The van der Waals surface area contributed by atoms with Gasteiger partial charge in [0.1, 0.15) is 17.4 Å². The second-order valence-electron chi connectivity index (χ2n) is 5.84. The quantitative estimate of drug-likeness (QED) is 0.166. The summed E-state index contributed by atoms with van der Waals surface area (Å²) in [6.07, 6.45) is 1.34. The lowest BCUT2D eigenvalue weighted by atomic mass is 10.1. The molecule has 0 aromatic heterocycles. The van der Waals surface area contributed by atoms with Crippen molar-refractivity contribution in [1.29, 1.82) is 5.26 Å². The summed E-state index contributed by atoms with van der Waals surface area (Å²) in [6.45, 7) is 1.64. The van der Waals surface area contributed by atoms with E-state index in [9.17, 15) is 25.0 Å². The molecule has 0 atom stereocenters. The second kappa shape index (κ2) is 11.2. The fourth-order valence-electron chi connectivity index (χ4n) is 2.35. The number of hydrogen-bond donors (Lipinski definition) is 1. The number of rotatable bonds is 8. The van der Waals surface area contributed by atoms with Crippen molar-refractivity contribution in [3.8, 4) is 11.8 Å². The molecule has 0 bridgehead atoms. The van der Waals surface area contributed by atoms with Crippen LogP contribution in [-0.2, 0) is 14.3 Å². The first kappa shape index (κ1) is 24.0. The number of carbonyl (C=O) groups is 2. The standard InChI is InChI=1S/C20H15Br2N3O6/c1-2-30-18(26)11-31-19-16(21)7-12(8-17(19)22)6-13(10-23)20(27)24-14-4-3-5-15(9-14)25(28)29/h3-9H,2,11H2,1H3,(H,24,27)/b13-6+. The molecule has 160 valence electrons. The third-order valence-electron chi connectivity index (χ3n) is 3.65. The van der Waals surface area contributed by atoms with E-state index in [0.29, 0.717) is 20.3 Å². The molecule has 11 heteroatoms. The van der Waals surface area contributed by atoms with Gasteiger partial charge in [-0.3, -0.25) is 14.9 Å². The number of benzene rings is 2. The van der Waals surface area contributed by atoms with Gasteiger partial charge in [0, 0.05) is 17.8 Å². The summed E-state index contributed by atoms with van der Waals surface area (Å²) < 4.78 is 11.2. The van der Waals surface area contributed by atoms with Crippen LogP contribution in [0.3, 0.4) is 0 Å². The molecule has 2 aromatic rings. The molecule has 0 heterocycles. The molecule has 31 heavy (non-hydrogen) atoms. The number of nitro benzene ring substituents is 1. The maximum Gasteiger partial charge on any atom is 0.344 e. The average molecular weight is 553 g/mol. The summed E-state index contributed by atoms with van der Waals surface area (Å²) in [5, 5.41) is 22.7. The highest BCUT2D eigenvalue weighted by atomic mass is 79.9. The Morgan fingerprint density at radius 1 is 1.26 bits per heavy atom. The minimum absolute atomic E-state index is 0.186. The highest BCUT2D eigenvalue weighted by molar-refractivity contribution is 9.11. The third kappa shape index (κ3) is 6.91. The molecule has 1 N–H and O–H groups in total. The first-order chi connectivity index (χ1) is 14.7. The molecule has 2 rings (SSSR count). The van der Waals surface area contributed by atoms with Gasteiger partial charge in [-0.1, -0.05) is 6.07 Å². The smallest absolute Gasteiger partial charge is 0.344 e. The molecular formula is C20H15Br2N3O6. The van der Waals surface area contributed by atoms with E-state index in [1.807, 2.05) is 6.07 Å². The topological polar surface area (TPSA) is 132 Å². The normalized spacial score (nSPS) is 10.7. The maximum atomic E-state index is 12.4. The zero-order valence-electron chi connectivity index (χ0n) is 16.1. The fraction of sp³-hybridized carbons (Fsp3) is 0.150. The second-order valence-corrected chi connectivity index (χ2v) is 7.55. The number of nitrogens with one attached hydrogen (secondary N) is 1. The summed E-state index contributed by atoms with van der Waals surface area (Å²) in [5.74, 6) is -0.891. The predicted molar refractivity (Wildman–Crippen MR) is 119 cm³/mol. The number of non-ortho nitro benzene ring substituents is 1. The number of nitriles is 1. The van der Waals surface area contributed by atoms with Crippen molar-refractivity contribution >= 4 is 61.2 Å².